The number of nitrogens with one attached hydrogen (secondary N) is 1. The van der Waals surface area contributed by atoms with E-state index >= 15 is 0 Å². The lowest BCUT2D eigenvalue weighted by Gasteiger charge is -2.28. The fourth-order valence-electron chi connectivity index (χ4n) is 2.40. The molecule has 0 saturated heterocycles. The van der Waals surface area contributed by atoms with Gasteiger partial charge in [0.2, 0.25) is 0 Å². The third-order valence-corrected chi connectivity index (χ3v) is 3.99. The second-order valence-corrected chi connectivity index (χ2v) is 5.75. The summed E-state index contributed by atoms with van der Waals surface area (Å²) in [4.78, 5) is 0. The number of fused-ring (bicyclic) bond motifs is 1. The molecule has 7 heteroatoms. The van der Waals surface area contributed by atoms with Crippen molar-refractivity contribution in [3.8, 4) is 16.9 Å². The highest BCUT2D eigenvalue weighted by Crippen LogP contribution is 2.45. The van der Waals surface area contributed by atoms with E-state index in [0.29, 0.717) is 35.7 Å². The zero-order valence-electron chi connectivity index (χ0n) is 11.3. The summed E-state index contributed by atoms with van der Waals surface area (Å²) in [6.45, 7) is 0.769. The molecule has 0 unspecified atom stereocenters. The van der Waals surface area contributed by atoms with Crippen LogP contribution in [-0.2, 0) is 0 Å². The maximum absolute atomic E-state index is 13.9. The van der Waals surface area contributed by atoms with Gasteiger partial charge in [0.05, 0.1) is 22.3 Å². The van der Waals surface area contributed by atoms with Crippen molar-refractivity contribution < 1.29 is 13.5 Å². The molecule has 0 aromatic heterocycles. The molecule has 2 aromatic rings. The Hall–Kier alpha value is -1.56. The Balaban J connectivity index is 2.22. The van der Waals surface area contributed by atoms with Crippen LogP contribution < -0.4 is 15.8 Å². The van der Waals surface area contributed by atoms with Crippen molar-refractivity contribution in [1.29, 1.82) is 0 Å². The van der Waals surface area contributed by atoms with Crippen molar-refractivity contribution in [1.82, 2.24) is 0 Å². The summed E-state index contributed by atoms with van der Waals surface area (Å²) in [5.74, 6) is -0.645. The van der Waals surface area contributed by atoms with Gasteiger partial charge in [-0.3, -0.25) is 0 Å². The summed E-state index contributed by atoms with van der Waals surface area (Å²) in [5, 5.41) is 3.22. The van der Waals surface area contributed by atoms with Crippen molar-refractivity contribution in [2.24, 2.45) is 5.73 Å². The molecule has 0 bridgehead atoms. The maximum Gasteiger partial charge on any atom is 0.151 e. The third kappa shape index (κ3) is 2.72. The maximum atomic E-state index is 13.9. The predicted octanol–water partition coefficient (Wildman–Crippen LogP) is 4.07. The highest BCUT2D eigenvalue weighted by Gasteiger charge is 2.25. The summed E-state index contributed by atoms with van der Waals surface area (Å²) in [5.41, 5.74) is 6.78. The van der Waals surface area contributed by atoms with E-state index in [2.05, 4.69) is 5.32 Å². The molecule has 22 heavy (non-hydrogen) atoms. The molecule has 116 valence electrons. The molecule has 0 saturated carbocycles. The summed E-state index contributed by atoms with van der Waals surface area (Å²) >= 11 is 12.2. The summed E-state index contributed by atoms with van der Waals surface area (Å²) in [6.07, 6.45) is -0.255. The summed E-state index contributed by atoms with van der Waals surface area (Å²) < 4.78 is 33.0. The number of benzene rings is 2. The summed E-state index contributed by atoms with van der Waals surface area (Å²) in [7, 11) is 0. The van der Waals surface area contributed by atoms with Gasteiger partial charge in [0.15, 0.2) is 5.75 Å². The van der Waals surface area contributed by atoms with Crippen molar-refractivity contribution in [3.63, 3.8) is 0 Å². The van der Waals surface area contributed by atoms with Gasteiger partial charge in [-0.2, -0.15) is 0 Å². The average molecular weight is 345 g/mol. The molecule has 1 heterocycles. The van der Waals surface area contributed by atoms with Crippen LogP contribution >= 0.6 is 23.2 Å². The minimum absolute atomic E-state index is 0.0799. The molecular formula is C15H12Cl2F2N2O. The van der Waals surface area contributed by atoms with Crippen LogP contribution in [0.2, 0.25) is 10.0 Å². The number of halogens is 4. The van der Waals surface area contributed by atoms with Crippen LogP contribution in [0.1, 0.15) is 0 Å². The molecule has 0 amide bonds. The fraction of sp³-hybridized carbons (Fsp3) is 0.200. The molecule has 0 aliphatic carbocycles. The number of hydrogen-bond acceptors (Lipinski definition) is 3. The third-order valence-electron chi connectivity index (χ3n) is 3.40. The zero-order chi connectivity index (χ0) is 15.9. The molecule has 1 aliphatic heterocycles. The minimum Gasteiger partial charge on any atom is -0.484 e. The lowest BCUT2D eigenvalue weighted by molar-refractivity contribution is 0.215. The Kier molecular flexibility index (Phi) is 4.12. The normalized spacial score (nSPS) is 16.7. The SMILES string of the molecule is NC[C@@H]1CNc2cc(F)cc(-c3c(Cl)cc(F)cc3Cl)c2O1. The number of rotatable bonds is 2. The molecule has 1 atom stereocenters. The minimum atomic E-state index is -0.567. The van der Waals surface area contributed by atoms with Gasteiger partial charge in [-0.15, -0.1) is 0 Å². The molecule has 0 spiro atoms. The van der Waals surface area contributed by atoms with E-state index in [1.807, 2.05) is 0 Å². The topological polar surface area (TPSA) is 47.3 Å². The molecule has 0 radical (unpaired) electrons. The van der Waals surface area contributed by atoms with E-state index < -0.39 is 11.6 Å². The van der Waals surface area contributed by atoms with Crippen molar-refractivity contribution >= 4 is 28.9 Å². The second kappa shape index (κ2) is 5.91. The lowest BCUT2D eigenvalue weighted by atomic mass is 10.0. The molecule has 3 rings (SSSR count). The van der Waals surface area contributed by atoms with Crippen LogP contribution in [0.4, 0.5) is 14.5 Å². The number of ether oxygens (including phenoxy) is 1. The molecule has 3 nitrogen and oxygen atoms in total. The Labute approximate surface area is 136 Å². The summed E-state index contributed by atoms with van der Waals surface area (Å²) in [6, 6.07) is 4.81. The van der Waals surface area contributed by atoms with Gasteiger partial charge in [0, 0.05) is 23.7 Å². The van der Waals surface area contributed by atoms with Gasteiger partial charge in [0.25, 0.3) is 0 Å². The van der Waals surface area contributed by atoms with Crippen LogP contribution in [0.3, 0.4) is 0 Å². The van der Waals surface area contributed by atoms with Crippen molar-refractivity contribution in [2.45, 2.75) is 6.10 Å². The molecule has 0 fully saturated rings. The Morgan fingerprint density at radius 1 is 1.14 bits per heavy atom. The van der Waals surface area contributed by atoms with Crippen LogP contribution in [0, 0.1) is 11.6 Å². The molecule has 3 N–H and O–H groups in total. The highest BCUT2D eigenvalue weighted by atomic mass is 35.5. The first-order valence-electron chi connectivity index (χ1n) is 6.58. The molecular weight excluding hydrogens is 333 g/mol. The number of anilines is 1. The van der Waals surface area contributed by atoms with Gasteiger partial charge in [-0.25, -0.2) is 8.78 Å². The first-order chi connectivity index (χ1) is 10.5. The van der Waals surface area contributed by atoms with Gasteiger partial charge in [-0.05, 0) is 18.2 Å². The van der Waals surface area contributed by atoms with E-state index in [4.69, 9.17) is 33.7 Å². The first kappa shape index (κ1) is 15.3. The Bertz CT molecular complexity index is 717. The Morgan fingerprint density at radius 2 is 1.77 bits per heavy atom. The lowest BCUT2D eigenvalue weighted by Crippen LogP contribution is -2.37. The quantitative estimate of drug-likeness (QED) is 0.863. The second-order valence-electron chi connectivity index (χ2n) is 4.93. The fourth-order valence-corrected chi connectivity index (χ4v) is 3.06. The van der Waals surface area contributed by atoms with Gasteiger partial charge < -0.3 is 15.8 Å². The van der Waals surface area contributed by atoms with Crippen molar-refractivity contribution in [2.75, 3.05) is 18.4 Å². The highest BCUT2D eigenvalue weighted by molar-refractivity contribution is 6.39. The standard InChI is InChI=1S/C15H12Cl2F2N2O/c16-11-2-8(19)3-12(17)14(11)10-1-7(18)4-13-15(10)22-9(5-20)6-21-13/h1-4,9,21H,5-6,20H2/t9-/m1/s1. The number of nitrogens with two attached hydrogens (primary N) is 1. The van der Waals surface area contributed by atoms with Crippen molar-refractivity contribution in [3.05, 3.63) is 45.9 Å². The van der Waals surface area contributed by atoms with Crippen LogP contribution in [0.25, 0.3) is 11.1 Å². The van der Waals surface area contributed by atoms with Crippen LogP contribution in [0.15, 0.2) is 24.3 Å². The van der Waals surface area contributed by atoms with Crippen LogP contribution in [0.5, 0.6) is 5.75 Å². The van der Waals surface area contributed by atoms with Gasteiger partial charge >= 0.3 is 0 Å². The van der Waals surface area contributed by atoms with E-state index in [1.165, 1.54) is 12.1 Å². The number of hydrogen-bond donors (Lipinski definition) is 2. The van der Waals surface area contributed by atoms with Crippen LogP contribution in [-0.4, -0.2) is 19.2 Å². The van der Waals surface area contributed by atoms with E-state index in [9.17, 15) is 8.78 Å². The van der Waals surface area contributed by atoms with E-state index in [0.717, 1.165) is 12.1 Å². The molecule has 1 aliphatic rings. The monoisotopic (exact) mass is 344 g/mol. The van der Waals surface area contributed by atoms with Gasteiger partial charge in [-0.1, -0.05) is 23.2 Å². The largest absolute Gasteiger partial charge is 0.484 e. The van der Waals surface area contributed by atoms with Gasteiger partial charge in [0.1, 0.15) is 17.7 Å². The van der Waals surface area contributed by atoms with E-state index in [1.54, 1.807) is 0 Å². The average Bonchev–Trinajstić information content (AvgIpc) is 2.45. The first-order valence-corrected chi connectivity index (χ1v) is 7.34. The van der Waals surface area contributed by atoms with E-state index in [-0.39, 0.29) is 16.1 Å². The smallest absolute Gasteiger partial charge is 0.151 e. The molecule has 2 aromatic carbocycles. The Morgan fingerprint density at radius 3 is 2.41 bits per heavy atom. The zero-order valence-corrected chi connectivity index (χ0v) is 12.8. The predicted molar refractivity (Wildman–Crippen MR) is 83.8 cm³/mol.